The number of rotatable bonds is 8. The first-order valence-corrected chi connectivity index (χ1v) is 12.7. The summed E-state index contributed by atoms with van der Waals surface area (Å²) in [4.78, 5) is 12.0. The van der Waals surface area contributed by atoms with Crippen molar-refractivity contribution in [2.75, 3.05) is 6.61 Å². The highest BCUT2D eigenvalue weighted by Gasteiger charge is 2.45. The molecule has 0 saturated carbocycles. The van der Waals surface area contributed by atoms with Gasteiger partial charge < -0.3 is 4.43 Å². The Morgan fingerprint density at radius 1 is 1.11 bits per heavy atom. The third kappa shape index (κ3) is 7.21. The first kappa shape index (κ1) is 25.2. The fraction of sp³-hybridized carbons (Fsp3) is 0.550. The highest BCUT2D eigenvalue weighted by atomic mass is 35.5. The molecule has 1 atom stereocenters. The van der Waals surface area contributed by atoms with Gasteiger partial charge in [-0.15, -0.1) is 0 Å². The average molecular weight is 455 g/mol. The van der Waals surface area contributed by atoms with E-state index in [1.807, 2.05) is 39.9 Å². The lowest BCUT2D eigenvalue weighted by molar-refractivity contribution is -0.174. The number of benzene rings is 1. The summed E-state index contributed by atoms with van der Waals surface area (Å²) in [7, 11) is -2.17. The van der Waals surface area contributed by atoms with Crippen LogP contribution in [0.3, 0.4) is 0 Å². The van der Waals surface area contributed by atoms with Crippen LogP contribution >= 0.6 is 23.2 Å². The molecule has 0 saturated heterocycles. The minimum atomic E-state index is -4.99. The van der Waals surface area contributed by atoms with Crippen LogP contribution in [0.1, 0.15) is 32.8 Å². The van der Waals surface area contributed by atoms with Gasteiger partial charge in [-0.2, -0.15) is 13.2 Å². The molecule has 158 valence electrons. The van der Waals surface area contributed by atoms with E-state index in [9.17, 15) is 18.0 Å². The van der Waals surface area contributed by atoms with Crippen LogP contribution in [0.5, 0.6) is 0 Å². The van der Waals surface area contributed by atoms with Gasteiger partial charge in [-0.3, -0.25) is 4.79 Å². The van der Waals surface area contributed by atoms with Gasteiger partial charge >= 0.3 is 6.18 Å². The standard InChI is InChI=1S/C20H27Cl2F3O2Si/c1-19(2,3)28(4,5)27-13-16(21)17(22)15(18(26)20(23,24)25)12-11-14-9-7-6-8-10-14/h6-10,15H,11-13H2,1-5H3/b17-16-/t15-/m0/s1. The summed E-state index contributed by atoms with van der Waals surface area (Å²) in [6.07, 6.45) is -4.80. The predicted octanol–water partition coefficient (Wildman–Crippen LogP) is 7.08. The van der Waals surface area contributed by atoms with E-state index in [-0.39, 0.29) is 34.6 Å². The van der Waals surface area contributed by atoms with Gasteiger partial charge in [-0.05, 0) is 36.5 Å². The number of aryl methyl sites for hydroxylation is 1. The molecule has 0 aliphatic carbocycles. The van der Waals surface area contributed by atoms with Crippen LogP contribution in [0, 0.1) is 5.92 Å². The van der Waals surface area contributed by atoms with E-state index in [1.165, 1.54) is 0 Å². The Kier molecular flexibility index (Phi) is 8.81. The van der Waals surface area contributed by atoms with Crippen molar-refractivity contribution in [1.29, 1.82) is 0 Å². The third-order valence-corrected chi connectivity index (χ3v) is 10.5. The smallest absolute Gasteiger partial charge is 0.412 e. The van der Waals surface area contributed by atoms with Crippen LogP contribution in [-0.2, 0) is 15.6 Å². The van der Waals surface area contributed by atoms with Gasteiger partial charge in [0.15, 0.2) is 8.32 Å². The highest BCUT2D eigenvalue weighted by molar-refractivity contribution is 6.74. The van der Waals surface area contributed by atoms with Crippen molar-refractivity contribution in [3.05, 3.63) is 46.0 Å². The quantitative estimate of drug-likeness (QED) is 0.392. The predicted molar refractivity (Wildman–Crippen MR) is 111 cm³/mol. The average Bonchev–Trinajstić information content (AvgIpc) is 2.58. The van der Waals surface area contributed by atoms with Crippen LogP contribution in [0.4, 0.5) is 13.2 Å². The maximum atomic E-state index is 13.1. The van der Waals surface area contributed by atoms with Crippen LogP contribution in [0.25, 0.3) is 0 Å². The van der Waals surface area contributed by atoms with Crippen molar-refractivity contribution >= 4 is 37.3 Å². The topological polar surface area (TPSA) is 26.3 Å². The van der Waals surface area contributed by atoms with Gasteiger partial charge in [-0.25, -0.2) is 0 Å². The zero-order valence-electron chi connectivity index (χ0n) is 16.8. The minimum absolute atomic E-state index is 0.0536. The number of Topliss-reactive ketones (excluding diaryl/α,β-unsaturated/α-hetero) is 1. The second kappa shape index (κ2) is 9.79. The molecule has 0 spiro atoms. The molecule has 1 aromatic carbocycles. The monoisotopic (exact) mass is 454 g/mol. The van der Waals surface area contributed by atoms with Crippen molar-refractivity contribution in [1.82, 2.24) is 0 Å². The lowest BCUT2D eigenvalue weighted by atomic mass is 9.94. The zero-order chi connectivity index (χ0) is 21.8. The van der Waals surface area contributed by atoms with E-state index < -0.39 is 26.2 Å². The molecule has 0 N–H and O–H groups in total. The number of halogens is 5. The number of hydrogen-bond acceptors (Lipinski definition) is 2. The van der Waals surface area contributed by atoms with Crippen molar-refractivity contribution < 1.29 is 22.4 Å². The summed E-state index contributed by atoms with van der Waals surface area (Å²) in [6, 6.07) is 8.95. The fourth-order valence-electron chi connectivity index (χ4n) is 2.24. The number of carbonyl (C=O) groups is 1. The van der Waals surface area contributed by atoms with Crippen LogP contribution in [-0.4, -0.2) is 26.9 Å². The number of alkyl halides is 3. The summed E-state index contributed by atoms with van der Waals surface area (Å²) in [5, 5.41) is -0.439. The molecule has 1 rings (SSSR count). The largest absolute Gasteiger partial charge is 0.450 e. The molecule has 0 bridgehead atoms. The van der Waals surface area contributed by atoms with Crippen LogP contribution in [0.15, 0.2) is 40.4 Å². The Hall–Kier alpha value is -0.823. The van der Waals surface area contributed by atoms with Gasteiger partial charge in [0.05, 0.1) is 17.6 Å². The lowest BCUT2D eigenvalue weighted by Gasteiger charge is -2.36. The zero-order valence-corrected chi connectivity index (χ0v) is 19.3. The molecule has 0 amide bonds. The Morgan fingerprint density at radius 2 is 1.64 bits per heavy atom. The maximum Gasteiger partial charge on any atom is 0.450 e. The molecule has 0 unspecified atom stereocenters. The Balaban J connectivity index is 3.03. The molecular formula is C20H27Cl2F3O2Si. The molecule has 0 aromatic heterocycles. The SMILES string of the molecule is CC(C)(C)[Si](C)(C)OC/C(Cl)=C(/Cl)[C@H](CCc1ccccc1)C(=O)C(F)(F)F. The van der Waals surface area contributed by atoms with E-state index in [2.05, 4.69) is 0 Å². The normalized spacial score (nSPS) is 15.2. The lowest BCUT2D eigenvalue weighted by Crippen LogP contribution is -2.41. The van der Waals surface area contributed by atoms with Gasteiger partial charge in [0, 0.05) is 5.03 Å². The van der Waals surface area contributed by atoms with E-state index in [1.54, 1.807) is 24.3 Å². The first-order valence-electron chi connectivity index (χ1n) is 9.00. The second-order valence-corrected chi connectivity index (χ2v) is 13.9. The molecule has 8 heteroatoms. The number of ketones is 1. The van der Waals surface area contributed by atoms with Crippen molar-refractivity contribution in [2.45, 2.75) is 57.9 Å². The van der Waals surface area contributed by atoms with Gasteiger partial charge in [-0.1, -0.05) is 74.3 Å². The third-order valence-electron chi connectivity index (χ3n) is 5.09. The Morgan fingerprint density at radius 3 is 2.11 bits per heavy atom. The summed E-state index contributed by atoms with van der Waals surface area (Å²) >= 11 is 12.4. The number of carbonyl (C=O) groups excluding carboxylic acids is 1. The van der Waals surface area contributed by atoms with E-state index >= 15 is 0 Å². The van der Waals surface area contributed by atoms with Crippen molar-refractivity contribution in [3.8, 4) is 0 Å². The van der Waals surface area contributed by atoms with Gasteiger partial charge in [0.1, 0.15) is 0 Å². The van der Waals surface area contributed by atoms with E-state index in [0.717, 1.165) is 5.56 Å². The Bertz CT molecular complexity index is 696. The maximum absolute atomic E-state index is 13.1. The Labute approximate surface area is 176 Å². The molecular weight excluding hydrogens is 428 g/mol. The van der Waals surface area contributed by atoms with Gasteiger partial charge in [0.25, 0.3) is 0 Å². The fourth-order valence-corrected chi connectivity index (χ4v) is 3.72. The molecule has 1 aromatic rings. The molecule has 0 aliphatic rings. The summed E-state index contributed by atoms with van der Waals surface area (Å²) in [6.45, 7) is 10.00. The summed E-state index contributed by atoms with van der Waals surface area (Å²) in [5.74, 6) is -3.43. The van der Waals surface area contributed by atoms with Crippen LogP contribution in [0.2, 0.25) is 18.1 Å². The van der Waals surface area contributed by atoms with Crippen molar-refractivity contribution in [2.24, 2.45) is 5.92 Å². The van der Waals surface area contributed by atoms with Gasteiger partial charge in [0.2, 0.25) is 5.78 Å². The number of allylic oxidation sites excluding steroid dienone is 1. The van der Waals surface area contributed by atoms with E-state index in [0.29, 0.717) is 0 Å². The van der Waals surface area contributed by atoms with E-state index in [4.69, 9.17) is 27.6 Å². The minimum Gasteiger partial charge on any atom is -0.412 e. The van der Waals surface area contributed by atoms with Crippen molar-refractivity contribution in [3.63, 3.8) is 0 Å². The second-order valence-electron chi connectivity index (χ2n) is 8.24. The molecule has 28 heavy (non-hydrogen) atoms. The molecule has 0 fully saturated rings. The summed E-state index contributed by atoms with van der Waals surface area (Å²) < 4.78 is 45.2. The first-order chi connectivity index (χ1) is 12.7. The summed E-state index contributed by atoms with van der Waals surface area (Å²) in [5.41, 5.74) is 0.820. The highest BCUT2D eigenvalue weighted by Crippen LogP contribution is 2.38. The molecule has 0 radical (unpaired) electrons. The molecule has 0 aliphatic heterocycles. The molecule has 0 heterocycles. The number of hydrogen-bond donors (Lipinski definition) is 0. The molecule has 2 nitrogen and oxygen atoms in total. The van der Waals surface area contributed by atoms with Crippen LogP contribution < -0.4 is 0 Å².